The Kier molecular flexibility index (Phi) is 2.89. The minimum Gasteiger partial charge on any atom is -0.371 e. The van der Waals surface area contributed by atoms with Gasteiger partial charge < -0.3 is 5.11 Å². The van der Waals surface area contributed by atoms with Crippen molar-refractivity contribution in [2.75, 3.05) is 0 Å². The van der Waals surface area contributed by atoms with E-state index in [4.69, 9.17) is 9.66 Å². The van der Waals surface area contributed by atoms with Gasteiger partial charge in [0.1, 0.15) is 5.82 Å². The Morgan fingerprint density at radius 1 is 1.43 bits per heavy atom. The predicted molar refractivity (Wildman–Crippen MR) is 47.6 cm³/mol. The van der Waals surface area contributed by atoms with Gasteiger partial charge in [0.25, 0.3) is 10.1 Å². The van der Waals surface area contributed by atoms with Crippen molar-refractivity contribution in [2.24, 2.45) is 0 Å². The highest BCUT2D eigenvalue weighted by Crippen LogP contribution is 2.20. The molecule has 14 heavy (non-hydrogen) atoms. The molecule has 0 saturated heterocycles. The molecule has 1 rings (SSSR count). The van der Waals surface area contributed by atoms with Gasteiger partial charge in [-0.05, 0) is 18.6 Å². The molecule has 2 N–H and O–H groups in total. The normalized spacial score (nSPS) is 14.0. The average molecular weight is 220 g/mol. The molecule has 1 unspecified atom stereocenters. The van der Waals surface area contributed by atoms with E-state index in [-0.39, 0.29) is 5.56 Å². The van der Waals surface area contributed by atoms with E-state index >= 15 is 0 Å². The number of benzene rings is 1. The van der Waals surface area contributed by atoms with Crippen LogP contribution in [0.4, 0.5) is 4.39 Å². The second-order valence-corrected chi connectivity index (χ2v) is 4.35. The van der Waals surface area contributed by atoms with E-state index in [1.54, 1.807) is 0 Å². The average Bonchev–Trinajstić information content (AvgIpc) is 2.07. The summed E-state index contributed by atoms with van der Waals surface area (Å²) in [5.41, 5.74) is -1.97. The summed E-state index contributed by atoms with van der Waals surface area (Å²) in [6.07, 6.45) is 0. The van der Waals surface area contributed by atoms with Crippen LogP contribution in [0.2, 0.25) is 0 Å². The van der Waals surface area contributed by atoms with E-state index in [1.807, 2.05) is 0 Å². The fraction of sp³-hybridized carbons (Fsp3) is 0.250. The van der Waals surface area contributed by atoms with Gasteiger partial charge in [0.15, 0.2) is 0 Å². The van der Waals surface area contributed by atoms with Gasteiger partial charge >= 0.3 is 0 Å². The Bertz CT molecular complexity index is 441. The predicted octanol–water partition coefficient (Wildman–Crippen LogP) is 1.01. The molecule has 0 aliphatic carbocycles. The van der Waals surface area contributed by atoms with E-state index in [0.717, 1.165) is 6.07 Å². The van der Waals surface area contributed by atoms with Gasteiger partial charge in [0.05, 0.1) is 0 Å². The molecule has 0 bridgehead atoms. The largest absolute Gasteiger partial charge is 0.371 e. The summed E-state index contributed by atoms with van der Waals surface area (Å²) < 4.78 is 42.5. The summed E-state index contributed by atoms with van der Waals surface area (Å²) in [6, 6.07) is 3.42. The van der Waals surface area contributed by atoms with Gasteiger partial charge in [-0.15, -0.1) is 0 Å². The molecule has 1 atom stereocenters. The maximum Gasteiger partial charge on any atom is 0.296 e. The SMILES string of the molecule is Cc1ccc(C(O)S(=O)(=O)O)cc1F. The highest BCUT2D eigenvalue weighted by molar-refractivity contribution is 7.85. The van der Waals surface area contributed by atoms with Crippen LogP contribution in [0.1, 0.15) is 16.6 Å². The zero-order chi connectivity index (χ0) is 10.9. The second kappa shape index (κ2) is 3.64. The molecule has 0 amide bonds. The standard InChI is InChI=1S/C8H9FO4S/c1-5-2-3-6(4-7(5)9)8(10)14(11,12)13/h2-4,8,10H,1H3,(H,11,12,13). The molecule has 0 saturated carbocycles. The molecule has 1 aromatic rings. The quantitative estimate of drug-likeness (QED) is 0.729. The summed E-state index contributed by atoms with van der Waals surface area (Å²) in [7, 11) is -4.60. The van der Waals surface area contributed by atoms with Gasteiger partial charge in [0, 0.05) is 5.56 Å². The molecule has 0 heterocycles. The molecule has 0 aromatic heterocycles. The Balaban J connectivity index is 3.16. The second-order valence-electron chi connectivity index (χ2n) is 2.88. The highest BCUT2D eigenvalue weighted by atomic mass is 32.2. The monoisotopic (exact) mass is 220 g/mol. The van der Waals surface area contributed by atoms with Crippen LogP contribution < -0.4 is 0 Å². The summed E-state index contributed by atoms with van der Waals surface area (Å²) in [5.74, 6) is -0.634. The summed E-state index contributed by atoms with van der Waals surface area (Å²) >= 11 is 0. The number of rotatable bonds is 2. The summed E-state index contributed by atoms with van der Waals surface area (Å²) in [4.78, 5) is 0. The van der Waals surface area contributed by atoms with Gasteiger partial charge in [-0.25, -0.2) is 4.39 Å². The van der Waals surface area contributed by atoms with E-state index < -0.39 is 21.4 Å². The smallest absolute Gasteiger partial charge is 0.296 e. The zero-order valence-corrected chi connectivity index (χ0v) is 8.12. The summed E-state index contributed by atoms with van der Waals surface area (Å²) in [5, 5.41) is 9.07. The minimum atomic E-state index is -4.60. The Hall–Kier alpha value is -0.980. The van der Waals surface area contributed by atoms with Crippen LogP contribution in [0, 0.1) is 12.7 Å². The number of hydrogen-bond acceptors (Lipinski definition) is 3. The van der Waals surface area contributed by atoms with E-state index in [0.29, 0.717) is 5.56 Å². The van der Waals surface area contributed by atoms with E-state index in [9.17, 15) is 12.8 Å². The maximum atomic E-state index is 12.9. The molecule has 6 heteroatoms. The maximum absolute atomic E-state index is 12.9. The lowest BCUT2D eigenvalue weighted by molar-refractivity contribution is 0.238. The van der Waals surface area contributed by atoms with Crippen molar-refractivity contribution in [1.29, 1.82) is 0 Å². The van der Waals surface area contributed by atoms with Crippen molar-refractivity contribution >= 4 is 10.1 Å². The molecule has 0 fully saturated rings. The number of hydrogen-bond donors (Lipinski definition) is 2. The van der Waals surface area contributed by atoms with Crippen molar-refractivity contribution in [2.45, 2.75) is 12.4 Å². The number of aliphatic hydroxyl groups excluding tert-OH is 1. The first-order valence-corrected chi connectivity index (χ1v) is 5.23. The fourth-order valence-electron chi connectivity index (χ4n) is 0.935. The van der Waals surface area contributed by atoms with Crippen LogP contribution in [0.5, 0.6) is 0 Å². The third-order valence-electron chi connectivity index (χ3n) is 1.76. The van der Waals surface area contributed by atoms with E-state index in [2.05, 4.69) is 0 Å². The van der Waals surface area contributed by atoms with Gasteiger partial charge in [-0.1, -0.05) is 12.1 Å². The third-order valence-corrected chi connectivity index (χ3v) is 2.60. The highest BCUT2D eigenvalue weighted by Gasteiger charge is 2.22. The lowest BCUT2D eigenvalue weighted by Gasteiger charge is -2.07. The lowest BCUT2D eigenvalue weighted by Crippen LogP contribution is -2.11. The van der Waals surface area contributed by atoms with E-state index in [1.165, 1.54) is 19.1 Å². The van der Waals surface area contributed by atoms with Crippen LogP contribution in [0.25, 0.3) is 0 Å². The molecule has 0 radical (unpaired) electrons. The molecule has 0 aliphatic heterocycles. The van der Waals surface area contributed by atoms with Crippen LogP contribution in [0.3, 0.4) is 0 Å². The molecule has 78 valence electrons. The topological polar surface area (TPSA) is 74.6 Å². The Morgan fingerprint density at radius 3 is 2.43 bits per heavy atom. The lowest BCUT2D eigenvalue weighted by atomic mass is 10.1. The molecular weight excluding hydrogens is 211 g/mol. The van der Waals surface area contributed by atoms with Crippen LogP contribution in [-0.4, -0.2) is 18.1 Å². The van der Waals surface area contributed by atoms with Crippen molar-refractivity contribution in [1.82, 2.24) is 0 Å². The van der Waals surface area contributed by atoms with Crippen molar-refractivity contribution < 1.29 is 22.5 Å². The number of aryl methyl sites for hydroxylation is 1. The van der Waals surface area contributed by atoms with Crippen LogP contribution in [-0.2, 0) is 10.1 Å². The third kappa shape index (κ3) is 2.28. The Morgan fingerprint density at radius 2 is 2.00 bits per heavy atom. The van der Waals surface area contributed by atoms with Gasteiger partial charge in [-0.3, -0.25) is 4.55 Å². The first kappa shape index (κ1) is 11.1. The molecule has 1 aromatic carbocycles. The molecule has 0 aliphatic rings. The zero-order valence-electron chi connectivity index (χ0n) is 7.31. The molecule has 0 spiro atoms. The number of halogens is 1. The van der Waals surface area contributed by atoms with Crippen LogP contribution >= 0.6 is 0 Å². The fourth-order valence-corrected chi connectivity index (χ4v) is 1.43. The minimum absolute atomic E-state index is 0.199. The number of aliphatic hydroxyl groups is 1. The van der Waals surface area contributed by atoms with Gasteiger partial charge in [-0.2, -0.15) is 8.42 Å². The van der Waals surface area contributed by atoms with Crippen molar-refractivity contribution in [3.8, 4) is 0 Å². The molecule has 4 nitrogen and oxygen atoms in total. The van der Waals surface area contributed by atoms with Crippen molar-refractivity contribution in [3.05, 3.63) is 35.1 Å². The van der Waals surface area contributed by atoms with Crippen LogP contribution in [0.15, 0.2) is 18.2 Å². The van der Waals surface area contributed by atoms with Crippen molar-refractivity contribution in [3.63, 3.8) is 0 Å². The Labute approximate surface area is 80.7 Å². The first-order valence-electron chi connectivity index (χ1n) is 3.73. The first-order chi connectivity index (χ1) is 6.32. The van der Waals surface area contributed by atoms with Gasteiger partial charge in [0.2, 0.25) is 5.44 Å². The molecular formula is C8H9FO4S. The summed E-state index contributed by atoms with van der Waals surface area (Å²) in [6.45, 7) is 1.50.